The number of ether oxygens (including phenoxy) is 1. The van der Waals surface area contributed by atoms with E-state index >= 15 is 0 Å². The fourth-order valence-corrected chi connectivity index (χ4v) is 3.30. The first kappa shape index (κ1) is 16.3. The molecule has 1 N–H and O–H groups in total. The maximum Gasteiger partial charge on any atom is 0.271 e. The zero-order chi connectivity index (χ0) is 17.3. The van der Waals surface area contributed by atoms with Crippen molar-refractivity contribution in [2.24, 2.45) is 0 Å². The van der Waals surface area contributed by atoms with Crippen LogP contribution < -0.4 is 9.64 Å². The van der Waals surface area contributed by atoms with Crippen molar-refractivity contribution < 1.29 is 9.53 Å². The van der Waals surface area contributed by atoms with Crippen molar-refractivity contribution in [3.05, 3.63) is 64.1 Å². The van der Waals surface area contributed by atoms with Gasteiger partial charge in [0, 0.05) is 0 Å². The summed E-state index contributed by atoms with van der Waals surface area (Å²) in [5.74, 6) is 0.608. The Bertz CT molecular complexity index is 841. The number of nitrogens with zero attached hydrogens (tertiary/aromatic N) is 1. The lowest BCUT2D eigenvalue weighted by Gasteiger charge is -2.15. The Labute approximate surface area is 145 Å². The Morgan fingerprint density at radius 1 is 1.08 bits per heavy atom. The van der Waals surface area contributed by atoms with Crippen molar-refractivity contribution in [2.75, 3.05) is 12.0 Å². The molecule has 0 spiro atoms. The van der Waals surface area contributed by atoms with Gasteiger partial charge in [-0.2, -0.15) is 0 Å². The molecule has 3 rings (SSSR count). The summed E-state index contributed by atoms with van der Waals surface area (Å²) in [6, 6.07) is 13.3. The number of carbonyl (C=O) groups is 1. The van der Waals surface area contributed by atoms with Gasteiger partial charge < -0.3 is 4.74 Å². The second-order valence-electron chi connectivity index (χ2n) is 5.60. The Hall–Kier alpha value is -2.53. The van der Waals surface area contributed by atoms with E-state index in [1.807, 2.05) is 62.4 Å². The summed E-state index contributed by atoms with van der Waals surface area (Å²) in [7, 11) is 1.62. The smallest absolute Gasteiger partial charge is 0.271 e. The van der Waals surface area contributed by atoms with Crippen molar-refractivity contribution >= 4 is 34.6 Å². The Kier molecular flexibility index (Phi) is 4.44. The minimum absolute atomic E-state index is 0.163. The van der Waals surface area contributed by atoms with E-state index in [-0.39, 0.29) is 11.1 Å². The highest BCUT2D eigenvalue weighted by molar-refractivity contribution is 8.19. The SMILES string of the molecule is COc1ccc(C=C2SC(=N)N(c3ccc(C)c(C)c3)C2=O)cc1. The van der Waals surface area contributed by atoms with Crippen LogP contribution in [0.2, 0.25) is 0 Å². The van der Waals surface area contributed by atoms with Crippen LogP contribution in [-0.2, 0) is 4.79 Å². The number of methoxy groups -OCH3 is 1. The van der Waals surface area contributed by atoms with Gasteiger partial charge in [-0.3, -0.25) is 15.1 Å². The molecule has 1 aliphatic rings. The van der Waals surface area contributed by atoms with Gasteiger partial charge in [-0.05, 0) is 72.6 Å². The molecule has 4 nitrogen and oxygen atoms in total. The molecule has 0 radical (unpaired) electrons. The van der Waals surface area contributed by atoms with E-state index in [0.29, 0.717) is 4.91 Å². The maximum absolute atomic E-state index is 12.7. The number of benzene rings is 2. The molecule has 1 amide bonds. The van der Waals surface area contributed by atoms with E-state index < -0.39 is 0 Å². The van der Waals surface area contributed by atoms with E-state index in [2.05, 4.69) is 0 Å². The quantitative estimate of drug-likeness (QED) is 0.846. The maximum atomic E-state index is 12.7. The molecule has 0 unspecified atom stereocenters. The molecule has 0 saturated carbocycles. The second-order valence-corrected chi connectivity index (χ2v) is 6.63. The number of thioether (sulfide) groups is 1. The van der Waals surface area contributed by atoms with Crippen molar-refractivity contribution in [2.45, 2.75) is 13.8 Å². The Morgan fingerprint density at radius 3 is 2.42 bits per heavy atom. The largest absolute Gasteiger partial charge is 0.497 e. The van der Waals surface area contributed by atoms with Gasteiger partial charge in [0.15, 0.2) is 5.17 Å². The number of amides is 1. The van der Waals surface area contributed by atoms with E-state index in [9.17, 15) is 4.79 Å². The van der Waals surface area contributed by atoms with Crippen LogP contribution in [-0.4, -0.2) is 18.2 Å². The molecule has 5 heteroatoms. The second kappa shape index (κ2) is 6.53. The molecule has 2 aromatic rings. The third-order valence-electron chi connectivity index (χ3n) is 3.99. The topological polar surface area (TPSA) is 53.4 Å². The van der Waals surface area contributed by atoms with Gasteiger partial charge in [0.2, 0.25) is 0 Å². The first-order chi connectivity index (χ1) is 11.5. The summed E-state index contributed by atoms with van der Waals surface area (Å²) in [6.07, 6.45) is 1.81. The molecule has 24 heavy (non-hydrogen) atoms. The predicted octanol–water partition coefficient (Wildman–Crippen LogP) is 4.37. The third-order valence-corrected chi connectivity index (χ3v) is 4.87. The molecule has 2 aromatic carbocycles. The number of rotatable bonds is 3. The molecule has 0 aliphatic carbocycles. The molecular weight excluding hydrogens is 320 g/mol. The number of carbonyl (C=O) groups excluding carboxylic acids is 1. The number of hydrogen-bond acceptors (Lipinski definition) is 4. The first-order valence-electron chi connectivity index (χ1n) is 7.53. The summed E-state index contributed by atoms with van der Waals surface area (Å²) < 4.78 is 5.14. The first-order valence-corrected chi connectivity index (χ1v) is 8.35. The van der Waals surface area contributed by atoms with Crippen LogP contribution in [0.1, 0.15) is 16.7 Å². The van der Waals surface area contributed by atoms with Crippen LogP contribution >= 0.6 is 11.8 Å². The third kappa shape index (κ3) is 3.08. The van der Waals surface area contributed by atoms with Crippen molar-refractivity contribution in [1.29, 1.82) is 5.41 Å². The van der Waals surface area contributed by atoms with Crippen LogP contribution in [0, 0.1) is 19.3 Å². The highest BCUT2D eigenvalue weighted by Crippen LogP contribution is 2.35. The molecule has 0 bridgehead atoms. The normalized spacial score (nSPS) is 16.1. The average Bonchev–Trinajstić information content (AvgIpc) is 2.85. The molecule has 1 heterocycles. The Morgan fingerprint density at radius 2 is 1.79 bits per heavy atom. The van der Waals surface area contributed by atoms with Crippen molar-refractivity contribution in [1.82, 2.24) is 0 Å². The van der Waals surface area contributed by atoms with Gasteiger partial charge >= 0.3 is 0 Å². The molecule has 122 valence electrons. The lowest BCUT2D eigenvalue weighted by Crippen LogP contribution is -2.28. The van der Waals surface area contributed by atoms with Gasteiger partial charge in [-0.15, -0.1) is 0 Å². The molecule has 0 aromatic heterocycles. The van der Waals surface area contributed by atoms with Gasteiger partial charge in [-0.1, -0.05) is 18.2 Å². The number of amidine groups is 1. The van der Waals surface area contributed by atoms with Crippen molar-refractivity contribution in [3.63, 3.8) is 0 Å². The van der Waals surface area contributed by atoms with Crippen LogP contribution in [0.5, 0.6) is 5.75 Å². The number of anilines is 1. The van der Waals surface area contributed by atoms with Crippen LogP contribution in [0.25, 0.3) is 6.08 Å². The average molecular weight is 338 g/mol. The van der Waals surface area contributed by atoms with Gasteiger partial charge in [0.25, 0.3) is 5.91 Å². The summed E-state index contributed by atoms with van der Waals surface area (Å²) in [5.41, 5.74) is 3.91. The van der Waals surface area contributed by atoms with E-state index in [4.69, 9.17) is 10.1 Å². The summed E-state index contributed by atoms with van der Waals surface area (Å²) >= 11 is 1.18. The van der Waals surface area contributed by atoms with Gasteiger partial charge in [0.05, 0.1) is 17.7 Å². The van der Waals surface area contributed by atoms with Gasteiger partial charge in [-0.25, -0.2) is 0 Å². The summed E-state index contributed by atoms with van der Waals surface area (Å²) in [5, 5.41) is 8.39. The van der Waals surface area contributed by atoms with Gasteiger partial charge in [0.1, 0.15) is 5.75 Å². The fourth-order valence-electron chi connectivity index (χ4n) is 2.44. The molecule has 1 saturated heterocycles. The van der Waals surface area contributed by atoms with Crippen LogP contribution in [0.15, 0.2) is 47.4 Å². The Balaban J connectivity index is 1.90. The lowest BCUT2D eigenvalue weighted by atomic mass is 10.1. The minimum atomic E-state index is -0.163. The fraction of sp³-hybridized carbons (Fsp3) is 0.158. The zero-order valence-corrected chi connectivity index (χ0v) is 14.6. The zero-order valence-electron chi connectivity index (χ0n) is 13.8. The molecule has 0 atom stereocenters. The molecule has 1 aliphatic heterocycles. The number of hydrogen-bond donors (Lipinski definition) is 1. The van der Waals surface area contributed by atoms with E-state index in [0.717, 1.165) is 22.6 Å². The molecular formula is C19H18N2O2S. The monoisotopic (exact) mass is 338 g/mol. The summed E-state index contributed by atoms with van der Waals surface area (Å²) in [4.78, 5) is 14.7. The van der Waals surface area contributed by atoms with Crippen molar-refractivity contribution in [3.8, 4) is 5.75 Å². The summed E-state index contributed by atoms with van der Waals surface area (Å²) in [6.45, 7) is 4.03. The molecule has 1 fully saturated rings. The van der Waals surface area contributed by atoms with Crippen LogP contribution in [0.3, 0.4) is 0 Å². The standard InChI is InChI=1S/C19H18N2O2S/c1-12-4-7-15(10-13(12)2)21-18(22)17(24-19(21)20)11-14-5-8-16(23-3)9-6-14/h4-11,20H,1-3H3. The van der Waals surface area contributed by atoms with E-state index in [1.54, 1.807) is 7.11 Å². The minimum Gasteiger partial charge on any atom is -0.497 e. The number of aryl methyl sites for hydroxylation is 2. The van der Waals surface area contributed by atoms with Crippen LogP contribution in [0.4, 0.5) is 5.69 Å². The highest BCUT2D eigenvalue weighted by atomic mass is 32.2. The highest BCUT2D eigenvalue weighted by Gasteiger charge is 2.33. The van der Waals surface area contributed by atoms with E-state index in [1.165, 1.54) is 22.2 Å². The number of nitrogens with one attached hydrogen (secondary N) is 1. The lowest BCUT2D eigenvalue weighted by molar-refractivity contribution is -0.113. The predicted molar refractivity (Wildman–Crippen MR) is 99.7 cm³/mol.